The van der Waals surface area contributed by atoms with Crippen LogP contribution in [-0.2, 0) is 4.79 Å². The SMILES string of the molecule is CCCN(CC(=O)N(C)C)CC(O)c1ccc(F)cc1C. The van der Waals surface area contributed by atoms with Gasteiger partial charge in [0.2, 0.25) is 5.91 Å². The van der Waals surface area contributed by atoms with Gasteiger partial charge in [-0.3, -0.25) is 9.69 Å². The highest BCUT2D eigenvalue weighted by molar-refractivity contribution is 5.77. The number of rotatable bonds is 7. The molecule has 0 bridgehead atoms. The molecule has 1 unspecified atom stereocenters. The largest absolute Gasteiger partial charge is 0.387 e. The lowest BCUT2D eigenvalue weighted by Crippen LogP contribution is -2.39. The van der Waals surface area contributed by atoms with E-state index in [2.05, 4.69) is 0 Å². The second-order valence-electron chi connectivity index (χ2n) is 5.54. The van der Waals surface area contributed by atoms with Crippen LogP contribution in [-0.4, -0.2) is 54.5 Å². The first-order valence-corrected chi connectivity index (χ1v) is 7.21. The lowest BCUT2D eigenvalue weighted by molar-refractivity contribution is -0.130. The normalized spacial score (nSPS) is 12.5. The number of nitrogens with zero attached hydrogens (tertiary/aromatic N) is 2. The Hall–Kier alpha value is -1.46. The highest BCUT2D eigenvalue weighted by atomic mass is 19.1. The maximum absolute atomic E-state index is 13.1. The van der Waals surface area contributed by atoms with Gasteiger partial charge in [0.15, 0.2) is 0 Å². The van der Waals surface area contributed by atoms with Crippen LogP contribution in [0, 0.1) is 12.7 Å². The zero-order chi connectivity index (χ0) is 16.0. The molecule has 1 aromatic carbocycles. The van der Waals surface area contributed by atoms with Crippen LogP contribution in [0.3, 0.4) is 0 Å². The maximum Gasteiger partial charge on any atom is 0.236 e. The molecule has 1 amide bonds. The van der Waals surface area contributed by atoms with Crippen molar-refractivity contribution >= 4 is 5.91 Å². The standard InChI is InChI=1S/C16H25FN2O2/c1-5-8-19(11-16(21)18(3)4)10-15(20)14-7-6-13(17)9-12(14)2/h6-7,9,15,20H,5,8,10-11H2,1-4H3. The van der Waals surface area contributed by atoms with Crippen LogP contribution in [0.25, 0.3) is 0 Å². The van der Waals surface area contributed by atoms with Crippen LogP contribution in [0.15, 0.2) is 18.2 Å². The summed E-state index contributed by atoms with van der Waals surface area (Å²) in [5.41, 5.74) is 1.42. The average Bonchev–Trinajstić information content (AvgIpc) is 2.38. The molecule has 0 saturated carbocycles. The third-order valence-corrected chi connectivity index (χ3v) is 3.42. The summed E-state index contributed by atoms with van der Waals surface area (Å²) in [5, 5.41) is 10.4. The molecule has 0 radical (unpaired) electrons. The lowest BCUT2D eigenvalue weighted by atomic mass is 10.0. The van der Waals surface area contributed by atoms with Crippen LogP contribution in [0.1, 0.15) is 30.6 Å². The van der Waals surface area contributed by atoms with Crippen LogP contribution in [0.2, 0.25) is 0 Å². The van der Waals surface area contributed by atoms with Gasteiger partial charge in [0.1, 0.15) is 5.82 Å². The number of aryl methyl sites for hydroxylation is 1. The molecule has 0 spiro atoms. The molecule has 0 heterocycles. The average molecular weight is 296 g/mol. The van der Waals surface area contributed by atoms with E-state index in [-0.39, 0.29) is 18.3 Å². The van der Waals surface area contributed by atoms with E-state index in [1.807, 2.05) is 11.8 Å². The number of carbonyl (C=O) groups is 1. The third-order valence-electron chi connectivity index (χ3n) is 3.42. The Morgan fingerprint density at radius 3 is 2.57 bits per heavy atom. The van der Waals surface area contributed by atoms with Crippen molar-refractivity contribution in [2.75, 3.05) is 33.7 Å². The number of hydrogen-bond acceptors (Lipinski definition) is 3. The Bertz CT molecular complexity index is 477. The van der Waals surface area contributed by atoms with Crippen molar-refractivity contribution in [3.8, 4) is 0 Å². The van der Waals surface area contributed by atoms with Gasteiger partial charge >= 0.3 is 0 Å². The summed E-state index contributed by atoms with van der Waals surface area (Å²) in [6, 6.07) is 4.36. The minimum absolute atomic E-state index is 0.00600. The van der Waals surface area contributed by atoms with E-state index in [0.717, 1.165) is 18.5 Å². The highest BCUT2D eigenvalue weighted by Gasteiger charge is 2.18. The first kappa shape index (κ1) is 17.6. The minimum Gasteiger partial charge on any atom is -0.387 e. The zero-order valence-electron chi connectivity index (χ0n) is 13.3. The van der Waals surface area contributed by atoms with Crippen molar-refractivity contribution in [1.82, 2.24) is 9.80 Å². The fourth-order valence-electron chi connectivity index (χ4n) is 2.24. The molecule has 0 aliphatic rings. The Kier molecular flexibility index (Phi) is 6.78. The predicted octanol–water partition coefficient (Wildman–Crippen LogP) is 1.97. The van der Waals surface area contributed by atoms with Crippen molar-refractivity contribution in [3.05, 3.63) is 35.1 Å². The third kappa shape index (κ3) is 5.44. The fraction of sp³-hybridized carbons (Fsp3) is 0.562. The molecular formula is C16H25FN2O2. The van der Waals surface area contributed by atoms with Crippen LogP contribution in [0.4, 0.5) is 4.39 Å². The number of amides is 1. The first-order valence-electron chi connectivity index (χ1n) is 7.21. The van der Waals surface area contributed by atoms with E-state index < -0.39 is 6.10 Å². The van der Waals surface area contributed by atoms with Crippen LogP contribution < -0.4 is 0 Å². The number of carbonyl (C=O) groups excluding carboxylic acids is 1. The summed E-state index contributed by atoms with van der Waals surface area (Å²) in [4.78, 5) is 15.3. The van der Waals surface area contributed by atoms with Gasteiger partial charge in [0, 0.05) is 20.6 Å². The van der Waals surface area contributed by atoms with Gasteiger partial charge in [-0.15, -0.1) is 0 Å². The summed E-state index contributed by atoms with van der Waals surface area (Å²) < 4.78 is 13.1. The summed E-state index contributed by atoms with van der Waals surface area (Å²) in [5.74, 6) is -0.303. The van der Waals surface area contributed by atoms with Gasteiger partial charge < -0.3 is 10.0 Å². The van der Waals surface area contributed by atoms with Crippen LogP contribution >= 0.6 is 0 Å². The van der Waals surface area contributed by atoms with Gasteiger partial charge in [-0.2, -0.15) is 0 Å². The predicted molar refractivity (Wildman–Crippen MR) is 81.5 cm³/mol. The Morgan fingerprint density at radius 2 is 2.05 bits per heavy atom. The molecule has 1 rings (SSSR count). The van der Waals surface area contributed by atoms with Gasteiger partial charge in [0.25, 0.3) is 0 Å². The maximum atomic E-state index is 13.1. The number of benzene rings is 1. The molecule has 0 aliphatic heterocycles. The van der Waals surface area contributed by atoms with E-state index in [1.54, 1.807) is 27.1 Å². The van der Waals surface area contributed by atoms with Crippen LogP contribution in [0.5, 0.6) is 0 Å². The number of aliphatic hydroxyl groups is 1. The van der Waals surface area contributed by atoms with E-state index in [9.17, 15) is 14.3 Å². The lowest BCUT2D eigenvalue weighted by Gasteiger charge is -2.26. The summed E-state index contributed by atoms with van der Waals surface area (Å²) in [6.45, 7) is 5.17. The molecule has 5 heteroatoms. The van der Waals surface area contributed by atoms with E-state index >= 15 is 0 Å². The van der Waals surface area contributed by atoms with Gasteiger partial charge in [-0.1, -0.05) is 13.0 Å². The summed E-state index contributed by atoms with van der Waals surface area (Å²) in [6.07, 6.45) is 0.169. The van der Waals surface area contributed by atoms with E-state index in [1.165, 1.54) is 17.0 Å². The van der Waals surface area contributed by atoms with Gasteiger partial charge in [0.05, 0.1) is 12.6 Å². The molecule has 1 atom stereocenters. The van der Waals surface area contributed by atoms with Crippen molar-refractivity contribution < 1.29 is 14.3 Å². The minimum atomic E-state index is -0.730. The smallest absolute Gasteiger partial charge is 0.236 e. The molecule has 0 fully saturated rings. The molecule has 1 aromatic rings. The van der Waals surface area contributed by atoms with E-state index in [4.69, 9.17) is 0 Å². The summed E-state index contributed by atoms with van der Waals surface area (Å²) in [7, 11) is 3.43. The molecule has 4 nitrogen and oxygen atoms in total. The topological polar surface area (TPSA) is 43.8 Å². The van der Waals surface area contributed by atoms with Gasteiger partial charge in [-0.05, 0) is 43.1 Å². The number of aliphatic hydroxyl groups excluding tert-OH is 1. The monoisotopic (exact) mass is 296 g/mol. The second-order valence-corrected chi connectivity index (χ2v) is 5.54. The zero-order valence-corrected chi connectivity index (χ0v) is 13.3. The molecule has 0 saturated heterocycles. The first-order chi connectivity index (χ1) is 9.85. The number of hydrogen-bond donors (Lipinski definition) is 1. The van der Waals surface area contributed by atoms with Crippen molar-refractivity contribution in [2.45, 2.75) is 26.4 Å². The molecular weight excluding hydrogens is 271 g/mol. The quantitative estimate of drug-likeness (QED) is 0.836. The molecule has 21 heavy (non-hydrogen) atoms. The molecule has 118 valence electrons. The van der Waals surface area contributed by atoms with Crippen molar-refractivity contribution in [3.63, 3.8) is 0 Å². The number of likely N-dealkylation sites (N-methyl/N-ethyl adjacent to an activating group) is 1. The molecule has 1 N–H and O–H groups in total. The summed E-state index contributed by atoms with van der Waals surface area (Å²) >= 11 is 0. The van der Waals surface area contributed by atoms with E-state index in [0.29, 0.717) is 12.1 Å². The van der Waals surface area contributed by atoms with Crippen molar-refractivity contribution in [1.29, 1.82) is 0 Å². The Balaban J connectivity index is 2.75. The second kappa shape index (κ2) is 8.10. The Labute approximate surface area is 126 Å². The Morgan fingerprint density at radius 1 is 1.38 bits per heavy atom. The van der Waals surface area contributed by atoms with Gasteiger partial charge in [-0.25, -0.2) is 4.39 Å². The van der Waals surface area contributed by atoms with Crippen molar-refractivity contribution in [2.24, 2.45) is 0 Å². The molecule has 0 aromatic heterocycles. The molecule has 0 aliphatic carbocycles. The fourth-order valence-corrected chi connectivity index (χ4v) is 2.24. The number of halogens is 1. The highest BCUT2D eigenvalue weighted by Crippen LogP contribution is 2.19.